The van der Waals surface area contributed by atoms with Crippen molar-refractivity contribution in [3.8, 4) is 11.3 Å². The van der Waals surface area contributed by atoms with E-state index in [1.807, 2.05) is 49.4 Å². The van der Waals surface area contributed by atoms with Gasteiger partial charge in [0.25, 0.3) is 11.8 Å². The monoisotopic (exact) mass is 386 g/mol. The van der Waals surface area contributed by atoms with Gasteiger partial charge in [0.15, 0.2) is 0 Å². The summed E-state index contributed by atoms with van der Waals surface area (Å²) in [7, 11) is 0. The predicted octanol–water partition coefficient (Wildman–Crippen LogP) is 4.18. The molecule has 0 aliphatic carbocycles. The Morgan fingerprint density at radius 3 is 2.34 bits per heavy atom. The molecule has 0 unspecified atom stereocenters. The first-order valence-corrected chi connectivity index (χ1v) is 9.22. The SMILES string of the molecule is CCc1ccc(N2C(=O)NC(=O)/C(=C\c3ccc(-c4ccccc4)o3)C2=O)cc1. The number of hydrogen-bond acceptors (Lipinski definition) is 4. The van der Waals surface area contributed by atoms with Crippen molar-refractivity contribution in [1.82, 2.24) is 5.32 Å². The van der Waals surface area contributed by atoms with Crippen LogP contribution in [0.2, 0.25) is 0 Å². The van der Waals surface area contributed by atoms with Gasteiger partial charge in [-0.1, -0.05) is 49.4 Å². The smallest absolute Gasteiger partial charge is 0.335 e. The highest BCUT2D eigenvalue weighted by atomic mass is 16.3. The number of urea groups is 1. The minimum atomic E-state index is -0.772. The average molecular weight is 386 g/mol. The molecule has 3 aromatic rings. The van der Waals surface area contributed by atoms with Crippen molar-refractivity contribution in [2.75, 3.05) is 4.90 Å². The van der Waals surface area contributed by atoms with Gasteiger partial charge in [-0.25, -0.2) is 9.69 Å². The van der Waals surface area contributed by atoms with E-state index in [1.165, 1.54) is 6.08 Å². The number of nitrogens with one attached hydrogen (secondary N) is 1. The molecule has 2 aromatic carbocycles. The second kappa shape index (κ2) is 7.59. The molecule has 1 saturated heterocycles. The minimum Gasteiger partial charge on any atom is -0.457 e. The third-order valence-electron chi connectivity index (χ3n) is 4.68. The standard InChI is InChI=1S/C23H18N2O4/c1-2-15-8-10-17(11-9-15)25-22(27)19(21(26)24-23(25)28)14-18-12-13-20(29-18)16-6-4-3-5-7-16/h3-14H,2H2,1H3,(H,24,26,28)/b19-14+. The summed E-state index contributed by atoms with van der Waals surface area (Å²) >= 11 is 0. The first-order chi connectivity index (χ1) is 14.1. The van der Waals surface area contributed by atoms with E-state index < -0.39 is 17.8 Å². The molecule has 144 valence electrons. The number of anilines is 1. The number of benzene rings is 2. The predicted molar refractivity (Wildman–Crippen MR) is 109 cm³/mol. The van der Waals surface area contributed by atoms with E-state index in [1.54, 1.807) is 24.3 Å². The number of hydrogen-bond donors (Lipinski definition) is 1. The largest absolute Gasteiger partial charge is 0.457 e. The van der Waals surface area contributed by atoms with Crippen LogP contribution in [0.4, 0.5) is 10.5 Å². The average Bonchev–Trinajstić information content (AvgIpc) is 3.21. The zero-order chi connectivity index (χ0) is 20.4. The van der Waals surface area contributed by atoms with Crippen molar-refractivity contribution in [3.05, 3.63) is 83.6 Å². The van der Waals surface area contributed by atoms with Crippen LogP contribution in [0.1, 0.15) is 18.2 Å². The maximum Gasteiger partial charge on any atom is 0.335 e. The Morgan fingerprint density at radius 1 is 0.931 bits per heavy atom. The Bertz CT molecular complexity index is 1110. The van der Waals surface area contributed by atoms with Crippen LogP contribution < -0.4 is 10.2 Å². The van der Waals surface area contributed by atoms with Crippen LogP contribution in [0.3, 0.4) is 0 Å². The van der Waals surface area contributed by atoms with E-state index in [2.05, 4.69) is 5.32 Å². The topological polar surface area (TPSA) is 79.6 Å². The molecular weight excluding hydrogens is 368 g/mol. The van der Waals surface area contributed by atoms with Gasteiger partial charge in [0.05, 0.1) is 5.69 Å². The van der Waals surface area contributed by atoms with Gasteiger partial charge in [-0.15, -0.1) is 0 Å². The van der Waals surface area contributed by atoms with Crippen molar-refractivity contribution >= 4 is 29.6 Å². The van der Waals surface area contributed by atoms with Gasteiger partial charge < -0.3 is 4.42 Å². The quantitative estimate of drug-likeness (QED) is 0.539. The summed E-state index contributed by atoms with van der Waals surface area (Å²) in [6.45, 7) is 2.01. The zero-order valence-electron chi connectivity index (χ0n) is 15.7. The molecule has 0 saturated carbocycles. The third-order valence-corrected chi connectivity index (χ3v) is 4.68. The normalized spacial score (nSPS) is 15.7. The Balaban J connectivity index is 1.66. The van der Waals surface area contributed by atoms with E-state index in [0.717, 1.165) is 22.4 Å². The van der Waals surface area contributed by atoms with Gasteiger partial charge in [-0.05, 0) is 42.3 Å². The van der Waals surface area contributed by atoms with Gasteiger partial charge in [-0.2, -0.15) is 0 Å². The molecule has 1 fully saturated rings. The highest BCUT2D eigenvalue weighted by molar-refractivity contribution is 6.39. The number of aryl methyl sites for hydroxylation is 1. The number of amides is 4. The van der Waals surface area contributed by atoms with Crippen LogP contribution >= 0.6 is 0 Å². The molecule has 29 heavy (non-hydrogen) atoms. The molecule has 1 aliphatic heterocycles. The molecule has 4 amide bonds. The molecule has 2 heterocycles. The molecule has 6 heteroatoms. The van der Waals surface area contributed by atoms with E-state index in [4.69, 9.17) is 4.42 Å². The molecule has 1 N–H and O–H groups in total. The van der Waals surface area contributed by atoms with Crippen molar-refractivity contribution in [2.45, 2.75) is 13.3 Å². The molecule has 1 aliphatic rings. The highest BCUT2D eigenvalue weighted by Crippen LogP contribution is 2.26. The van der Waals surface area contributed by atoms with Gasteiger partial charge >= 0.3 is 6.03 Å². The third kappa shape index (κ3) is 3.60. The van der Waals surface area contributed by atoms with Crippen molar-refractivity contribution in [1.29, 1.82) is 0 Å². The van der Waals surface area contributed by atoms with Crippen LogP contribution in [0.5, 0.6) is 0 Å². The number of barbiturate groups is 1. The van der Waals surface area contributed by atoms with Crippen molar-refractivity contribution < 1.29 is 18.8 Å². The number of imide groups is 2. The first-order valence-electron chi connectivity index (χ1n) is 9.22. The Morgan fingerprint density at radius 2 is 1.66 bits per heavy atom. The van der Waals surface area contributed by atoms with Crippen LogP contribution in [-0.2, 0) is 16.0 Å². The number of rotatable bonds is 4. The summed E-state index contributed by atoms with van der Waals surface area (Å²) < 4.78 is 5.76. The fourth-order valence-corrected chi connectivity index (χ4v) is 3.10. The van der Waals surface area contributed by atoms with E-state index >= 15 is 0 Å². The number of carbonyl (C=O) groups excluding carboxylic acids is 3. The molecule has 1 aromatic heterocycles. The van der Waals surface area contributed by atoms with Crippen molar-refractivity contribution in [2.24, 2.45) is 0 Å². The lowest BCUT2D eigenvalue weighted by molar-refractivity contribution is -0.122. The van der Waals surface area contributed by atoms with Gasteiger partial charge in [0.1, 0.15) is 17.1 Å². The lowest BCUT2D eigenvalue weighted by atomic mass is 10.1. The summed E-state index contributed by atoms with van der Waals surface area (Å²) in [5, 5.41) is 2.21. The van der Waals surface area contributed by atoms with Gasteiger partial charge in [0.2, 0.25) is 0 Å². The minimum absolute atomic E-state index is 0.168. The second-order valence-electron chi connectivity index (χ2n) is 6.55. The van der Waals surface area contributed by atoms with E-state index in [9.17, 15) is 14.4 Å². The van der Waals surface area contributed by atoms with Crippen LogP contribution in [0.15, 0.2) is 76.7 Å². The van der Waals surface area contributed by atoms with Gasteiger partial charge in [-0.3, -0.25) is 14.9 Å². The maximum atomic E-state index is 12.9. The molecule has 0 radical (unpaired) electrons. The van der Waals surface area contributed by atoms with Crippen molar-refractivity contribution in [3.63, 3.8) is 0 Å². The molecule has 0 bridgehead atoms. The van der Waals surface area contributed by atoms with E-state index in [0.29, 0.717) is 17.2 Å². The summed E-state index contributed by atoms with van der Waals surface area (Å²) in [4.78, 5) is 38.4. The first kappa shape index (κ1) is 18.4. The molecule has 4 rings (SSSR count). The molecule has 0 atom stereocenters. The van der Waals surface area contributed by atoms with E-state index in [-0.39, 0.29) is 5.57 Å². The zero-order valence-corrected chi connectivity index (χ0v) is 15.7. The highest BCUT2D eigenvalue weighted by Gasteiger charge is 2.37. The Kier molecular flexibility index (Phi) is 4.83. The van der Waals surface area contributed by atoms with Crippen LogP contribution in [0.25, 0.3) is 17.4 Å². The summed E-state index contributed by atoms with van der Waals surface area (Å²) in [6.07, 6.45) is 2.19. The Hall–Kier alpha value is -3.93. The van der Waals surface area contributed by atoms with Crippen LogP contribution in [0, 0.1) is 0 Å². The lowest BCUT2D eigenvalue weighted by Gasteiger charge is -2.26. The molecule has 6 nitrogen and oxygen atoms in total. The lowest BCUT2D eigenvalue weighted by Crippen LogP contribution is -2.54. The number of nitrogens with zero attached hydrogens (tertiary/aromatic N) is 1. The second-order valence-corrected chi connectivity index (χ2v) is 6.55. The van der Waals surface area contributed by atoms with Crippen LogP contribution in [-0.4, -0.2) is 17.8 Å². The number of furan rings is 1. The van der Waals surface area contributed by atoms with Gasteiger partial charge in [0, 0.05) is 5.56 Å². The molecule has 0 spiro atoms. The fraction of sp³-hybridized carbons (Fsp3) is 0.0870. The summed E-state index contributed by atoms with van der Waals surface area (Å²) in [5.41, 5.74) is 2.18. The molecular formula is C23H18N2O4. The summed E-state index contributed by atoms with van der Waals surface area (Å²) in [5.74, 6) is -0.484. The maximum absolute atomic E-state index is 12.9. The number of carbonyl (C=O) groups is 3. The summed E-state index contributed by atoms with van der Waals surface area (Å²) in [6, 6.07) is 19.2. The fourth-order valence-electron chi connectivity index (χ4n) is 3.10. The Labute approximate surface area is 167 Å².